The van der Waals surface area contributed by atoms with Crippen LogP contribution in [0.3, 0.4) is 0 Å². The van der Waals surface area contributed by atoms with Gasteiger partial charge in [0.15, 0.2) is 0 Å². The molecule has 0 aliphatic rings. The van der Waals surface area contributed by atoms with E-state index in [1.54, 1.807) is 13.8 Å². The summed E-state index contributed by atoms with van der Waals surface area (Å²) in [6, 6.07) is 0. The molecule has 0 aromatic carbocycles. The minimum atomic E-state index is -0.750. The summed E-state index contributed by atoms with van der Waals surface area (Å²) in [5.41, 5.74) is 4.22. The number of ether oxygens (including phenoxy) is 1. The van der Waals surface area contributed by atoms with Gasteiger partial charge in [-0.2, -0.15) is 0 Å². The summed E-state index contributed by atoms with van der Waals surface area (Å²) in [5, 5.41) is 8.98. The first-order chi connectivity index (χ1) is 9.59. The van der Waals surface area contributed by atoms with Crippen molar-refractivity contribution < 1.29 is 19.4 Å². The lowest BCUT2D eigenvalue weighted by Crippen LogP contribution is -2.31. The standard InChI is InChI=1S/C16H31NO4/c1-15(2,13(17)18)9-5-7-11-21-12-8-6-10-16(3,4)14(19)20/h5-12H2,1-4H3,(H2,17,18)(H,19,20). The van der Waals surface area contributed by atoms with E-state index in [0.29, 0.717) is 19.6 Å². The van der Waals surface area contributed by atoms with E-state index in [1.807, 2.05) is 13.8 Å². The molecule has 0 fully saturated rings. The molecule has 0 saturated heterocycles. The van der Waals surface area contributed by atoms with Gasteiger partial charge in [0, 0.05) is 18.6 Å². The van der Waals surface area contributed by atoms with Crippen molar-refractivity contribution in [2.45, 2.75) is 66.2 Å². The molecule has 0 rings (SSSR count). The Labute approximate surface area is 128 Å². The van der Waals surface area contributed by atoms with E-state index < -0.39 is 16.8 Å². The summed E-state index contributed by atoms with van der Waals surface area (Å²) >= 11 is 0. The second-order valence-electron chi connectivity index (χ2n) is 6.96. The summed E-state index contributed by atoms with van der Waals surface area (Å²) in [7, 11) is 0. The third kappa shape index (κ3) is 8.71. The van der Waals surface area contributed by atoms with Gasteiger partial charge in [-0.25, -0.2) is 0 Å². The van der Waals surface area contributed by atoms with Crippen LogP contribution in [0.2, 0.25) is 0 Å². The largest absolute Gasteiger partial charge is 0.481 e. The van der Waals surface area contributed by atoms with Crippen LogP contribution in [0.15, 0.2) is 0 Å². The Morgan fingerprint density at radius 2 is 1.33 bits per heavy atom. The number of hydrogen-bond donors (Lipinski definition) is 2. The number of carboxylic acid groups (broad SMARTS) is 1. The highest BCUT2D eigenvalue weighted by Crippen LogP contribution is 2.23. The first-order valence-corrected chi connectivity index (χ1v) is 7.70. The Morgan fingerprint density at radius 1 is 0.905 bits per heavy atom. The molecule has 0 unspecified atom stereocenters. The van der Waals surface area contributed by atoms with Crippen LogP contribution in [0.4, 0.5) is 0 Å². The fourth-order valence-corrected chi connectivity index (χ4v) is 1.87. The maximum absolute atomic E-state index is 11.1. The van der Waals surface area contributed by atoms with Gasteiger partial charge in [0.05, 0.1) is 5.41 Å². The zero-order chi connectivity index (χ0) is 16.5. The molecule has 0 spiro atoms. The minimum Gasteiger partial charge on any atom is -0.481 e. The molecule has 5 nitrogen and oxygen atoms in total. The minimum absolute atomic E-state index is 0.260. The molecule has 0 aromatic heterocycles. The van der Waals surface area contributed by atoms with Crippen LogP contribution in [0.25, 0.3) is 0 Å². The summed E-state index contributed by atoms with van der Waals surface area (Å²) in [5.74, 6) is -1.01. The Kier molecular flexibility index (Phi) is 8.55. The molecule has 0 heterocycles. The average Bonchev–Trinajstić information content (AvgIpc) is 2.36. The van der Waals surface area contributed by atoms with E-state index in [4.69, 9.17) is 15.6 Å². The fourth-order valence-electron chi connectivity index (χ4n) is 1.87. The number of primary amides is 1. The van der Waals surface area contributed by atoms with Crippen LogP contribution in [-0.4, -0.2) is 30.2 Å². The van der Waals surface area contributed by atoms with Gasteiger partial charge in [0.2, 0.25) is 5.91 Å². The predicted molar refractivity (Wildman–Crippen MR) is 82.9 cm³/mol. The number of carbonyl (C=O) groups is 2. The molecule has 0 bridgehead atoms. The zero-order valence-electron chi connectivity index (χ0n) is 13.9. The molecule has 0 atom stereocenters. The van der Waals surface area contributed by atoms with Gasteiger partial charge in [0.25, 0.3) is 0 Å². The number of aliphatic carboxylic acids is 1. The molecule has 0 aliphatic heterocycles. The van der Waals surface area contributed by atoms with E-state index in [-0.39, 0.29) is 5.91 Å². The smallest absolute Gasteiger partial charge is 0.309 e. The number of unbranched alkanes of at least 4 members (excludes halogenated alkanes) is 2. The van der Waals surface area contributed by atoms with E-state index >= 15 is 0 Å². The highest BCUT2D eigenvalue weighted by molar-refractivity contribution is 5.79. The van der Waals surface area contributed by atoms with Gasteiger partial charge < -0.3 is 15.6 Å². The molecule has 5 heteroatoms. The Balaban J connectivity index is 3.50. The number of nitrogens with two attached hydrogens (primary N) is 1. The summed E-state index contributed by atoms with van der Waals surface area (Å²) in [4.78, 5) is 22.1. The number of hydrogen-bond acceptors (Lipinski definition) is 3. The summed E-state index contributed by atoms with van der Waals surface area (Å²) in [6.45, 7) is 8.56. The predicted octanol–water partition coefficient (Wildman–Crippen LogP) is 2.97. The van der Waals surface area contributed by atoms with Crippen LogP contribution in [0, 0.1) is 10.8 Å². The molecule has 124 valence electrons. The van der Waals surface area contributed by atoms with Gasteiger partial charge in [-0.1, -0.05) is 26.7 Å². The van der Waals surface area contributed by atoms with Crippen molar-refractivity contribution in [2.75, 3.05) is 13.2 Å². The number of rotatable bonds is 12. The normalized spacial score (nSPS) is 12.4. The summed E-state index contributed by atoms with van der Waals surface area (Å²) < 4.78 is 5.52. The molecule has 3 N–H and O–H groups in total. The second kappa shape index (κ2) is 9.03. The van der Waals surface area contributed by atoms with E-state index in [9.17, 15) is 9.59 Å². The topological polar surface area (TPSA) is 89.6 Å². The van der Waals surface area contributed by atoms with Gasteiger partial charge in [0.1, 0.15) is 0 Å². The van der Waals surface area contributed by atoms with E-state index in [1.165, 1.54) is 0 Å². The quantitative estimate of drug-likeness (QED) is 0.542. The molecule has 21 heavy (non-hydrogen) atoms. The van der Waals surface area contributed by atoms with Crippen LogP contribution in [0.1, 0.15) is 66.2 Å². The lowest BCUT2D eigenvalue weighted by atomic mass is 9.86. The Bertz CT molecular complexity index is 305. The van der Waals surface area contributed by atoms with Crippen LogP contribution < -0.4 is 5.73 Å². The Morgan fingerprint density at radius 3 is 1.71 bits per heavy atom. The highest BCUT2D eigenvalue weighted by Gasteiger charge is 2.26. The van der Waals surface area contributed by atoms with Crippen molar-refractivity contribution >= 4 is 11.9 Å². The molecule has 0 saturated carbocycles. The molecular weight excluding hydrogens is 270 g/mol. The first kappa shape index (κ1) is 19.9. The molecule has 1 amide bonds. The first-order valence-electron chi connectivity index (χ1n) is 7.70. The molecular formula is C16H31NO4. The SMILES string of the molecule is CC(C)(CCCCOCCCCC(C)(C)C(=O)O)C(N)=O. The third-order valence-electron chi connectivity index (χ3n) is 3.93. The van der Waals surface area contributed by atoms with Crippen molar-refractivity contribution in [1.82, 2.24) is 0 Å². The van der Waals surface area contributed by atoms with Crippen molar-refractivity contribution in [3.05, 3.63) is 0 Å². The van der Waals surface area contributed by atoms with Crippen molar-refractivity contribution in [3.8, 4) is 0 Å². The number of amides is 1. The molecule has 0 aromatic rings. The average molecular weight is 301 g/mol. The number of carbonyl (C=O) groups excluding carboxylic acids is 1. The maximum Gasteiger partial charge on any atom is 0.309 e. The van der Waals surface area contributed by atoms with Crippen LogP contribution in [-0.2, 0) is 14.3 Å². The van der Waals surface area contributed by atoms with Crippen molar-refractivity contribution in [2.24, 2.45) is 16.6 Å². The molecule has 0 radical (unpaired) electrons. The zero-order valence-corrected chi connectivity index (χ0v) is 13.9. The van der Waals surface area contributed by atoms with Gasteiger partial charge >= 0.3 is 5.97 Å². The lowest BCUT2D eigenvalue weighted by molar-refractivity contribution is -0.147. The van der Waals surface area contributed by atoms with E-state index in [0.717, 1.165) is 32.1 Å². The monoisotopic (exact) mass is 301 g/mol. The maximum atomic E-state index is 11.1. The van der Waals surface area contributed by atoms with Crippen molar-refractivity contribution in [1.29, 1.82) is 0 Å². The van der Waals surface area contributed by atoms with Gasteiger partial charge in [-0.05, 0) is 39.5 Å². The van der Waals surface area contributed by atoms with Crippen LogP contribution >= 0.6 is 0 Å². The summed E-state index contributed by atoms with van der Waals surface area (Å²) in [6.07, 6.45) is 5.01. The fraction of sp³-hybridized carbons (Fsp3) is 0.875. The molecule has 0 aliphatic carbocycles. The van der Waals surface area contributed by atoms with Crippen molar-refractivity contribution in [3.63, 3.8) is 0 Å². The van der Waals surface area contributed by atoms with Gasteiger partial charge in [-0.15, -0.1) is 0 Å². The van der Waals surface area contributed by atoms with Gasteiger partial charge in [-0.3, -0.25) is 9.59 Å². The highest BCUT2D eigenvalue weighted by atomic mass is 16.5. The van der Waals surface area contributed by atoms with Crippen LogP contribution in [0.5, 0.6) is 0 Å². The second-order valence-corrected chi connectivity index (χ2v) is 6.96. The van der Waals surface area contributed by atoms with E-state index in [2.05, 4.69) is 0 Å². The Hall–Kier alpha value is -1.10. The third-order valence-corrected chi connectivity index (χ3v) is 3.93. The lowest BCUT2D eigenvalue weighted by Gasteiger charge is -2.20. The number of carboxylic acids is 1.